The van der Waals surface area contributed by atoms with E-state index in [4.69, 9.17) is 16.3 Å². The Labute approximate surface area is 118 Å². The molecule has 1 unspecified atom stereocenters. The van der Waals surface area contributed by atoms with Crippen molar-refractivity contribution in [1.29, 1.82) is 0 Å². The van der Waals surface area contributed by atoms with E-state index in [0.717, 1.165) is 25.3 Å². The first-order chi connectivity index (χ1) is 9.19. The van der Waals surface area contributed by atoms with Gasteiger partial charge in [-0.15, -0.1) is 0 Å². The van der Waals surface area contributed by atoms with Crippen molar-refractivity contribution in [2.45, 2.75) is 31.8 Å². The van der Waals surface area contributed by atoms with E-state index >= 15 is 0 Å². The third-order valence-corrected chi connectivity index (χ3v) is 4.69. The highest BCUT2D eigenvalue weighted by Crippen LogP contribution is 2.40. The van der Waals surface area contributed by atoms with Crippen LogP contribution in [0.3, 0.4) is 0 Å². The average molecular weight is 284 g/mol. The molecule has 104 valence electrons. The van der Waals surface area contributed by atoms with E-state index in [1.54, 1.807) is 12.1 Å². The first-order valence-electron chi connectivity index (χ1n) is 6.96. The molecule has 1 aliphatic heterocycles. The minimum Gasteiger partial charge on any atom is -0.372 e. The van der Waals surface area contributed by atoms with Gasteiger partial charge in [-0.05, 0) is 30.5 Å². The fourth-order valence-electron chi connectivity index (χ4n) is 3.23. The highest BCUT2D eigenvalue weighted by atomic mass is 35.5. The predicted molar refractivity (Wildman–Crippen MR) is 73.9 cm³/mol. The van der Waals surface area contributed by atoms with Crippen LogP contribution in [0.15, 0.2) is 18.2 Å². The molecule has 2 aliphatic rings. The Morgan fingerprint density at radius 1 is 1.32 bits per heavy atom. The van der Waals surface area contributed by atoms with Gasteiger partial charge in [0.2, 0.25) is 0 Å². The maximum absolute atomic E-state index is 13.2. The number of benzene rings is 1. The zero-order valence-electron chi connectivity index (χ0n) is 10.9. The largest absolute Gasteiger partial charge is 0.372 e. The van der Waals surface area contributed by atoms with Crippen LogP contribution in [0.2, 0.25) is 5.02 Å². The Hall–Kier alpha value is -0.640. The van der Waals surface area contributed by atoms with Gasteiger partial charge in [-0.25, -0.2) is 4.39 Å². The fraction of sp³-hybridized carbons (Fsp3) is 0.600. The Morgan fingerprint density at radius 2 is 2.11 bits per heavy atom. The van der Waals surface area contributed by atoms with Gasteiger partial charge in [0.05, 0.1) is 17.7 Å². The molecular weight excluding hydrogens is 265 g/mol. The molecule has 4 heteroatoms. The van der Waals surface area contributed by atoms with Crippen LogP contribution >= 0.6 is 11.6 Å². The number of ether oxygens (including phenoxy) is 1. The monoisotopic (exact) mass is 283 g/mol. The Morgan fingerprint density at radius 3 is 2.84 bits per heavy atom. The third kappa shape index (κ3) is 2.78. The number of rotatable bonds is 1. The second-order valence-electron chi connectivity index (χ2n) is 5.81. The molecule has 1 saturated carbocycles. The van der Waals surface area contributed by atoms with Gasteiger partial charge in [0.1, 0.15) is 5.82 Å². The lowest BCUT2D eigenvalue weighted by atomic mass is 9.87. The van der Waals surface area contributed by atoms with Crippen molar-refractivity contribution in [2.75, 3.05) is 19.7 Å². The minimum atomic E-state index is -0.376. The molecule has 2 nitrogen and oxygen atoms in total. The molecule has 1 atom stereocenters. The molecule has 2 fully saturated rings. The zero-order chi connectivity index (χ0) is 13.3. The quantitative estimate of drug-likeness (QED) is 0.848. The molecule has 19 heavy (non-hydrogen) atoms. The second-order valence-corrected chi connectivity index (χ2v) is 6.22. The van der Waals surface area contributed by atoms with E-state index < -0.39 is 0 Å². The van der Waals surface area contributed by atoms with Crippen LogP contribution < -0.4 is 5.32 Å². The van der Waals surface area contributed by atoms with Gasteiger partial charge in [-0.3, -0.25) is 0 Å². The van der Waals surface area contributed by atoms with Gasteiger partial charge in [-0.2, -0.15) is 0 Å². The van der Waals surface area contributed by atoms with Crippen molar-refractivity contribution in [2.24, 2.45) is 5.41 Å². The first-order valence-corrected chi connectivity index (χ1v) is 7.34. The topological polar surface area (TPSA) is 21.3 Å². The lowest BCUT2D eigenvalue weighted by Crippen LogP contribution is -2.32. The van der Waals surface area contributed by atoms with Crippen molar-refractivity contribution >= 4 is 11.6 Å². The van der Waals surface area contributed by atoms with Gasteiger partial charge in [0, 0.05) is 18.5 Å². The van der Waals surface area contributed by atoms with E-state index in [1.165, 1.54) is 31.7 Å². The van der Waals surface area contributed by atoms with Crippen molar-refractivity contribution in [3.63, 3.8) is 0 Å². The van der Waals surface area contributed by atoms with Crippen molar-refractivity contribution < 1.29 is 9.13 Å². The maximum Gasteiger partial charge on any atom is 0.141 e. The van der Waals surface area contributed by atoms with Crippen LogP contribution in [0, 0.1) is 11.2 Å². The summed E-state index contributed by atoms with van der Waals surface area (Å²) in [4.78, 5) is 0. The summed E-state index contributed by atoms with van der Waals surface area (Å²) in [6.07, 6.45) is 5.07. The highest BCUT2D eigenvalue weighted by Gasteiger charge is 2.36. The van der Waals surface area contributed by atoms with Gasteiger partial charge in [0.15, 0.2) is 0 Å². The van der Waals surface area contributed by atoms with E-state index in [2.05, 4.69) is 5.32 Å². The summed E-state index contributed by atoms with van der Waals surface area (Å²) >= 11 is 5.84. The summed E-state index contributed by atoms with van der Waals surface area (Å²) < 4.78 is 19.3. The maximum atomic E-state index is 13.2. The number of nitrogens with one attached hydrogen (secondary N) is 1. The van der Waals surface area contributed by atoms with E-state index in [1.807, 2.05) is 0 Å². The van der Waals surface area contributed by atoms with Gasteiger partial charge >= 0.3 is 0 Å². The SMILES string of the molecule is Fc1ccc(C2CNCC3(CCCC3)CO2)cc1Cl. The number of hydrogen-bond donors (Lipinski definition) is 1. The van der Waals surface area contributed by atoms with Crippen LogP contribution in [0.5, 0.6) is 0 Å². The van der Waals surface area contributed by atoms with Crippen molar-refractivity contribution in [3.8, 4) is 0 Å². The van der Waals surface area contributed by atoms with Crippen LogP contribution in [0.25, 0.3) is 0 Å². The zero-order valence-corrected chi connectivity index (χ0v) is 11.7. The molecule has 0 aromatic heterocycles. The second kappa shape index (κ2) is 5.39. The normalized spacial score (nSPS) is 26.5. The lowest BCUT2D eigenvalue weighted by molar-refractivity contribution is 0.0158. The van der Waals surface area contributed by atoms with Crippen molar-refractivity contribution in [1.82, 2.24) is 5.32 Å². The van der Waals surface area contributed by atoms with E-state index in [-0.39, 0.29) is 16.9 Å². The molecular formula is C15H19ClFNO. The molecule has 3 rings (SSSR count). The summed E-state index contributed by atoms with van der Waals surface area (Å²) in [7, 11) is 0. The summed E-state index contributed by atoms with van der Waals surface area (Å²) in [5.74, 6) is -0.376. The predicted octanol–water partition coefficient (Wildman–Crippen LogP) is 3.70. The van der Waals surface area contributed by atoms with Crippen LogP contribution in [0.4, 0.5) is 4.39 Å². The highest BCUT2D eigenvalue weighted by molar-refractivity contribution is 6.30. The summed E-state index contributed by atoms with van der Waals surface area (Å²) in [6, 6.07) is 4.85. The molecule has 1 aromatic carbocycles. The standard InChI is InChI=1S/C15H19ClFNO/c16-12-7-11(3-4-13(12)17)14-8-18-9-15(10-19-14)5-1-2-6-15/h3-4,7,14,18H,1-2,5-6,8-10H2. The molecule has 1 aliphatic carbocycles. The molecule has 1 spiro atoms. The number of halogens is 2. The molecule has 1 heterocycles. The molecule has 1 aromatic rings. The van der Waals surface area contributed by atoms with Crippen LogP contribution in [-0.2, 0) is 4.74 Å². The van der Waals surface area contributed by atoms with Gasteiger partial charge < -0.3 is 10.1 Å². The average Bonchev–Trinajstić information content (AvgIpc) is 2.75. The molecule has 0 amide bonds. The number of hydrogen-bond acceptors (Lipinski definition) is 2. The molecule has 0 bridgehead atoms. The van der Waals surface area contributed by atoms with E-state index in [0.29, 0.717) is 5.41 Å². The molecule has 1 N–H and O–H groups in total. The Balaban J connectivity index is 1.73. The summed E-state index contributed by atoms with van der Waals surface area (Å²) in [5.41, 5.74) is 1.27. The fourth-order valence-corrected chi connectivity index (χ4v) is 3.42. The van der Waals surface area contributed by atoms with Crippen LogP contribution in [0.1, 0.15) is 37.4 Å². The lowest BCUT2D eigenvalue weighted by Gasteiger charge is -2.26. The van der Waals surface area contributed by atoms with Crippen molar-refractivity contribution in [3.05, 3.63) is 34.6 Å². The van der Waals surface area contributed by atoms with E-state index in [9.17, 15) is 4.39 Å². The molecule has 1 saturated heterocycles. The summed E-state index contributed by atoms with van der Waals surface area (Å²) in [5, 5.41) is 3.67. The Kier molecular flexibility index (Phi) is 3.79. The smallest absolute Gasteiger partial charge is 0.141 e. The van der Waals surface area contributed by atoms with Gasteiger partial charge in [0.25, 0.3) is 0 Å². The Bertz CT molecular complexity index is 459. The first kappa shape index (κ1) is 13.3. The third-order valence-electron chi connectivity index (χ3n) is 4.40. The van der Waals surface area contributed by atoms with Gasteiger partial charge in [-0.1, -0.05) is 30.5 Å². The minimum absolute atomic E-state index is 0.0296. The summed E-state index contributed by atoms with van der Waals surface area (Å²) in [6.45, 7) is 2.59. The molecule has 0 radical (unpaired) electrons. The van der Waals surface area contributed by atoms with Crippen LogP contribution in [-0.4, -0.2) is 19.7 Å².